The first-order chi connectivity index (χ1) is 17.1. The van der Waals surface area contributed by atoms with Crippen LogP contribution in [0.15, 0.2) is 6.20 Å². The van der Waals surface area contributed by atoms with Crippen LogP contribution in [0.1, 0.15) is 10.4 Å². The summed E-state index contributed by atoms with van der Waals surface area (Å²) in [5.41, 5.74) is 21.4. The lowest BCUT2D eigenvalue weighted by Gasteiger charge is -2.33. The average molecular weight is 534 g/mol. The van der Waals surface area contributed by atoms with Crippen LogP contribution in [0.2, 0.25) is 0 Å². The van der Waals surface area contributed by atoms with E-state index in [0.29, 0.717) is 62.9 Å². The summed E-state index contributed by atoms with van der Waals surface area (Å²) < 4.78 is 31.9. The van der Waals surface area contributed by atoms with Gasteiger partial charge in [0.15, 0.2) is 0 Å². The number of sulfonamides is 1. The first-order valence-electron chi connectivity index (χ1n) is 11.7. The van der Waals surface area contributed by atoms with E-state index in [1.54, 1.807) is 17.5 Å². The van der Waals surface area contributed by atoms with E-state index in [9.17, 15) is 8.42 Å². The molecule has 14 heteroatoms. The summed E-state index contributed by atoms with van der Waals surface area (Å²) in [5, 5.41) is 0.951. The molecule has 194 valence electrons. The molecule has 0 amide bonds. The number of fused-ring (bicyclic) bond motifs is 1. The van der Waals surface area contributed by atoms with E-state index in [1.807, 2.05) is 0 Å². The van der Waals surface area contributed by atoms with Crippen LogP contribution in [0, 0.1) is 6.92 Å². The van der Waals surface area contributed by atoms with Gasteiger partial charge in [-0.15, -0.1) is 11.3 Å². The average Bonchev–Trinajstić information content (AvgIpc) is 3.16. The van der Waals surface area contributed by atoms with E-state index >= 15 is 0 Å². The molecule has 0 spiro atoms. The lowest BCUT2D eigenvalue weighted by Crippen LogP contribution is -2.47. The van der Waals surface area contributed by atoms with Crippen molar-refractivity contribution in [2.24, 2.45) is 0 Å². The Kier molecular flexibility index (Phi) is 6.63. The lowest BCUT2D eigenvalue weighted by molar-refractivity contribution is 0.122. The molecule has 3 aromatic heterocycles. The van der Waals surface area contributed by atoms with E-state index in [4.69, 9.17) is 26.9 Å². The maximum Gasteiger partial charge on any atom is 0.221 e. The molecule has 2 saturated heterocycles. The van der Waals surface area contributed by atoms with Crippen LogP contribution in [0.5, 0.6) is 0 Å². The van der Waals surface area contributed by atoms with Crippen LogP contribution < -0.4 is 22.1 Å². The second kappa shape index (κ2) is 9.59. The van der Waals surface area contributed by atoms with Crippen molar-refractivity contribution < 1.29 is 13.2 Å². The molecule has 0 radical (unpaired) electrons. The van der Waals surface area contributed by atoms with Gasteiger partial charge in [-0.25, -0.2) is 18.4 Å². The van der Waals surface area contributed by atoms with Crippen LogP contribution in [0.3, 0.4) is 0 Å². The number of ether oxygens (including phenoxy) is 1. The summed E-state index contributed by atoms with van der Waals surface area (Å²) in [4.78, 5) is 18.9. The highest BCUT2D eigenvalue weighted by molar-refractivity contribution is 7.88. The molecule has 5 rings (SSSR count). The molecule has 5 heterocycles. The molecule has 0 saturated carbocycles. The first-order valence-corrected chi connectivity index (χ1v) is 14.4. The first kappa shape index (κ1) is 24.9. The van der Waals surface area contributed by atoms with Crippen molar-refractivity contribution in [1.29, 1.82) is 0 Å². The van der Waals surface area contributed by atoms with Crippen LogP contribution in [-0.4, -0.2) is 91.3 Å². The Balaban J connectivity index is 1.57. The number of anilines is 4. The summed E-state index contributed by atoms with van der Waals surface area (Å²) in [6.45, 7) is 7.82. The summed E-state index contributed by atoms with van der Waals surface area (Å²) >= 11 is 1.69. The van der Waals surface area contributed by atoms with E-state index < -0.39 is 10.0 Å². The molecule has 3 aromatic rings. The zero-order valence-corrected chi connectivity index (χ0v) is 22.0. The molecule has 2 aliphatic heterocycles. The van der Waals surface area contributed by atoms with Gasteiger partial charge in [0.25, 0.3) is 0 Å². The minimum Gasteiger partial charge on any atom is -0.396 e. The molecule has 0 bridgehead atoms. The lowest BCUT2D eigenvalue weighted by atomic mass is 10.1. The van der Waals surface area contributed by atoms with Crippen molar-refractivity contribution in [1.82, 2.24) is 24.2 Å². The van der Waals surface area contributed by atoms with Crippen molar-refractivity contribution in [3.8, 4) is 11.3 Å². The molecule has 0 atom stereocenters. The topological polar surface area (TPSA) is 170 Å². The summed E-state index contributed by atoms with van der Waals surface area (Å²) in [7, 11) is -3.17. The van der Waals surface area contributed by atoms with Crippen molar-refractivity contribution >= 4 is 54.7 Å². The number of piperazine rings is 1. The highest BCUT2D eigenvalue weighted by atomic mass is 32.2. The number of aryl methyl sites for hydroxylation is 1. The number of nitrogens with two attached hydrogens (primary N) is 3. The monoisotopic (exact) mass is 533 g/mol. The standard InChI is InChI=1S/C22H31N9O3S2/c1-13-15(12-29-3-5-31(6-4-29)36(2,32)33)35-19-16(13)17(23)18(14-11-26-22(25)28-20(14)24)27-21(19)30-7-9-34-10-8-30/h11H,3-10,12,23H2,1-2H3,(H4,24,25,26,28). The van der Waals surface area contributed by atoms with Crippen molar-refractivity contribution in [2.45, 2.75) is 13.5 Å². The number of morpholine rings is 1. The van der Waals surface area contributed by atoms with Gasteiger partial charge in [0.05, 0.1) is 35.4 Å². The molecule has 2 aliphatic rings. The Morgan fingerprint density at radius 1 is 1.06 bits per heavy atom. The Bertz CT molecular complexity index is 1400. The molecule has 0 unspecified atom stereocenters. The number of nitrogen functional groups attached to an aromatic ring is 3. The molecule has 12 nitrogen and oxygen atoms in total. The molecule has 6 N–H and O–H groups in total. The molecular formula is C22H31N9O3S2. The van der Waals surface area contributed by atoms with Crippen LogP contribution in [-0.2, 0) is 21.3 Å². The summed E-state index contributed by atoms with van der Waals surface area (Å²) in [5.74, 6) is 1.16. The fraction of sp³-hybridized carbons (Fsp3) is 0.500. The Morgan fingerprint density at radius 2 is 1.75 bits per heavy atom. The van der Waals surface area contributed by atoms with E-state index in [2.05, 4.69) is 26.7 Å². The number of rotatable bonds is 5. The number of nitrogens with zero attached hydrogens (tertiary/aromatic N) is 6. The predicted octanol–water partition coefficient (Wildman–Crippen LogP) is 0.722. The van der Waals surface area contributed by atoms with Gasteiger partial charge >= 0.3 is 0 Å². The second-order valence-corrected chi connectivity index (χ2v) is 12.2. The van der Waals surface area contributed by atoms with Crippen molar-refractivity contribution in [3.05, 3.63) is 16.6 Å². The number of thiophene rings is 1. The number of pyridine rings is 1. The maximum absolute atomic E-state index is 11.9. The Morgan fingerprint density at radius 3 is 2.39 bits per heavy atom. The summed E-state index contributed by atoms with van der Waals surface area (Å²) in [6, 6.07) is 0. The zero-order valence-electron chi connectivity index (χ0n) is 20.4. The molecule has 0 aromatic carbocycles. The molecule has 0 aliphatic carbocycles. The van der Waals surface area contributed by atoms with Crippen LogP contribution in [0.4, 0.5) is 23.3 Å². The maximum atomic E-state index is 11.9. The number of aromatic nitrogens is 3. The zero-order chi connectivity index (χ0) is 25.6. The quantitative estimate of drug-likeness (QED) is 0.422. The number of hydrogen-bond donors (Lipinski definition) is 3. The van der Waals surface area contributed by atoms with Gasteiger partial charge in [-0.3, -0.25) is 4.90 Å². The predicted molar refractivity (Wildman–Crippen MR) is 143 cm³/mol. The van der Waals surface area contributed by atoms with Gasteiger partial charge in [-0.1, -0.05) is 0 Å². The van der Waals surface area contributed by atoms with Crippen molar-refractivity contribution in [2.75, 3.05) is 80.8 Å². The van der Waals surface area contributed by atoms with Gasteiger partial charge in [-0.2, -0.15) is 9.29 Å². The molecule has 36 heavy (non-hydrogen) atoms. The minimum absolute atomic E-state index is 0.0919. The highest BCUT2D eigenvalue weighted by Gasteiger charge is 2.27. The Hall–Kier alpha value is -2.78. The van der Waals surface area contributed by atoms with Crippen LogP contribution in [0.25, 0.3) is 21.3 Å². The Labute approximate surface area is 214 Å². The SMILES string of the molecule is Cc1c(CN2CCN(S(C)(=O)=O)CC2)sc2c(N3CCOCC3)nc(-c3cnc(N)nc3N)c(N)c12. The third kappa shape index (κ3) is 4.66. The highest BCUT2D eigenvalue weighted by Crippen LogP contribution is 2.44. The van der Waals surface area contributed by atoms with Gasteiger partial charge in [0.1, 0.15) is 17.3 Å². The third-order valence-electron chi connectivity index (χ3n) is 6.76. The van der Waals surface area contributed by atoms with Crippen LogP contribution >= 0.6 is 11.3 Å². The normalized spacial score (nSPS) is 18.2. The smallest absolute Gasteiger partial charge is 0.221 e. The largest absolute Gasteiger partial charge is 0.396 e. The van der Waals surface area contributed by atoms with Gasteiger partial charge in [0.2, 0.25) is 16.0 Å². The number of hydrogen-bond acceptors (Lipinski definition) is 12. The van der Waals surface area contributed by atoms with Gasteiger partial charge in [0, 0.05) is 62.3 Å². The van der Waals surface area contributed by atoms with Crippen molar-refractivity contribution in [3.63, 3.8) is 0 Å². The fourth-order valence-corrected chi connectivity index (χ4v) is 6.94. The molecule has 2 fully saturated rings. The molecular weight excluding hydrogens is 502 g/mol. The van der Waals surface area contributed by atoms with Gasteiger partial charge in [-0.05, 0) is 12.5 Å². The summed E-state index contributed by atoms with van der Waals surface area (Å²) in [6.07, 6.45) is 2.83. The van der Waals surface area contributed by atoms with E-state index in [0.717, 1.165) is 34.6 Å². The third-order valence-corrected chi connectivity index (χ3v) is 9.34. The van der Waals surface area contributed by atoms with E-state index in [1.165, 1.54) is 15.4 Å². The minimum atomic E-state index is -3.17. The fourth-order valence-electron chi connectivity index (χ4n) is 4.74. The second-order valence-electron chi connectivity index (χ2n) is 9.12. The van der Waals surface area contributed by atoms with Gasteiger partial charge < -0.3 is 26.8 Å². The van der Waals surface area contributed by atoms with E-state index in [-0.39, 0.29) is 11.8 Å².